The van der Waals surface area contributed by atoms with Gasteiger partial charge in [0.1, 0.15) is 5.82 Å². The summed E-state index contributed by atoms with van der Waals surface area (Å²) in [5.41, 5.74) is 0. The first-order chi connectivity index (χ1) is 7.19. The lowest BCUT2D eigenvalue weighted by atomic mass is 10.1. The number of hydrogen-bond donors (Lipinski definition) is 1. The van der Waals surface area contributed by atoms with Crippen molar-refractivity contribution < 1.29 is 4.74 Å². The zero-order valence-corrected chi connectivity index (χ0v) is 10.0. The molecular weight excluding hydrogens is 190 g/mol. The van der Waals surface area contributed by atoms with E-state index in [-0.39, 0.29) is 6.10 Å². The summed E-state index contributed by atoms with van der Waals surface area (Å²) in [6, 6.07) is 0.311. The maximum Gasteiger partial charge on any atom is 0.110 e. The van der Waals surface area contributed by atoms with E-state index in [0.717, 1.165) is 18.9 Å². The number of rotatable bonds is 6. The first-order valence-corrected chi connectivity index (χ1v) is 5.44. The molecule has 0 spiro atoms. The maximum atomic E-state index is 5.58. The summed E-state index contributed by atoms with van der Waals surface area (Å²) in [6.45, 7) is 4.86. The molecular formula is C11H21N3O. The van der Waals surface area contributed by atoms with Gasteiger partial charge in [-0.2, -0.15) is 0 Å². The molecule has 1 aromatic heterocycles. The Morgan fingerprint density at radius 3 is 2.80 bits per heavy atom. The summed E-state index contributed by atoms with van der Waals surface area (Å²) in [7, 11) is 3.98. The molecule has 0 aliphatic heterocycles. The minimum Gasteiger partial charge on any atom is -0.377 e. The fraction of sp³-hybridized carbons (Fsp3) is 0.727. The van der Waals surface area contributed by atoms with Crippen LogP contribution in [0.5, 0.6) is 0 Å². The summed E-state index contributed by atoms with van der Waals surface area (Å²) >= 11 is 0. The lowest BCUT2D eigenvalue weighted by Gasteiger charge is -2.23. The van der Waals surface area contributed by atoms with Crippen LogP contribution in [0.1, 0.15) is 19.7 Å². The Labute approximate surface area is 91.7 Å². The fourth-order valence-electron chi connectivity index (χ4n) is 1.67. The zero-order chi connectivity index (χ0) is 11.3. The molecule has 0 bridgehead atoms. The normalized spacial score (nSPS) is 15.2. The van der Waals surface area contributed by atoms with Crippen molar-refractivity contribution in [2.75, 3.05) is 13.7 Å². The predicted octanol–water partition coefficient (Wildman–Crippen LogP) is 0.976. The molecule has 2 unspecified atom stereocenters. The van der Waals surface area contributed by atoms with E-state index in [1.54, 1.807) is 0 Å². The highest BCUT2D eigenvalue weighted by molar-refractivity contribution is 4.95. The molecule has 0 fully saturated rings. The van der Waals surface area contributed by atoms with Crippen LogP contribution in [-0.4, -0.2) is 35.4 Å². The predicted molar refractivity (Wildman–Crippen MR) is 60.8 cm³/mol. The molecule has 4 nitrogen and oxygen atoms in total. The van der Waals surface area contributed by atoms with Gasteiger partial charge in [-0.25, -0.2) is 4.98 Å². The number of imidazole rings is 1. The van der Waals surface area contributed by atoms with Crippen LogP contribution >= 0.6 is 0 Å². The Balaban J connectivity index is 2.57. The molecule has 0 aliphatic carbocycles. The number of likely N-dealkylation sites (N-methyl/N-ethyl adjacent to an activating group) is 1. The van der Waals surface area contributed by atoms with Crippen molar-refractivity contribution in [1.82, 2.24) is 14.9 Å². The molecule has 1 rings (SSSR count). The van der Waals surface area contributed by atoms with Gasteiger partial charge in [-0.15, -0.1) is 0 Å². The van der Waals surface area contributed by atoms with Crippen LogP contribution in [-0.2, 0) is 18.2 Å². The van der Waals surface area contributed by atoms with Gasteiger partial charge in [0.05, 0.1) is 6.10 Å². The lowest BCUT2D eigenvalue weighted by Crippen LogP contribution is -2.40. The molecule has 1 aromatic rings. The molecule has 15 heavy (non-hydrogen) atoms. The van der Waals surface area contributed by atoms with Crippen LogP contribution in [0.25, 0.3) is 0 Å². The molecule has 4 heteroatoms. The lowest BCUT2D eigenvalue weighted by molar-refractivity contribution is 0.0490. The number of hydrogen-bond acceptors (Lipinski definition) is 3. The molecule has 0 saturated carbocycles. The second-order valence-corrected chi connectivity index (χ2v) is 3.71. The summed E-state index contributed by atoms with van der Waals surface area (Å²) in [4.78, 5) is 4.31. The molecule has 0 radical (unpaired) electrons. The first-order valence-electron chi connectivity index (χ1n) is 5.44. The maximum absolute atomic E-state index is 5.58. The van der Waals surface area contributed by atoms with Gasteiger partial charge in [-0.3, -0.25) is 0 Å². The highest BCUT2D eigenvalue weighted by Gasteiger charge is 2.17. The van der Waals surface area contributed by atoms with E-state index in [0.29, 0.717) is 6.04 Å². The number of nitrogens with one attached hydrogen (secondary N) is 1. The van der Waals surface area contributed by atoms with E-state index < -0.39 is 0 Å². The number of aromatic nitrogens is 2. The summed E-state index contributed by atoms with van der Waals surface area (Å²) in [5, 5.41) is 3.27. The Hall–Kier alpha value is -0.870. The molecule has 0 amide bonds. The van der Waals surface area contributed by atoms with E-state index in [1.165, 1.54) is 0 Å². The van der Waals surface area contributed by atoms with Gasteiger partial charge in [0.15, 0.2) is 0 Å². The van der Waals surface area contributed by atoms with Crippen molar-refractivity contribution in [1.29, 1.82) is 0 Å². The van der Waals surface area contributed by atoms with Gasteiger partial charge in [-0.05, 0) is 20.9 Å². The molecule has 2 atom stereocenters. The van der Waals surface area contributed by atoms with Gasteiger partial charge < -0.3 is 14.6 Å². The first kappa shape index (κ1) is 12.2. The minimum atomic E-state index is 0.205. The van der Waals surface area contributed by atoms with E-state index in [1.807, 2.05) is 38.0 Å². The van der Waals surface area contributed by atoms with Crippen LogP contribution in [0, 0.1) is 0 Å². The second kappa shape index (κ2) is 5.88. The highest BCUT2D eigenvalue weighted by Crippen LogP contribution is 2.06. The van der Waals surface area contributed by atoms with Crippen molar-refractivity contribution in [3.05, 3.63) is 18.2 Å². The summed E-state index contributed by atoms with van der Waals surface area (Å²) in [5.74, 6) is 1.08. The van der Waals surface area contributed by atoms with Crippen LogP contribution in [0.4, 0.5) is 0 Å². The average molecular weight is 211 g/mol. The van der Waals surface area contributed by atoms with Gasteiger partial charge >= 0.3 is 0 Å². The molecule has 0 saturated heterocycles. The van der Waals surface area contributed by atoms with E-state index in [9.17, 15) is 0 Å². The topological polar surface area (TPSA) is 39.1 Å². The Morgan fingerprint density at radius 1 is 1.60 bits per heavy atom. The van der Waals surface area contributed by atoms with Crippen molar-refractivity contribution in [3.8, 4) is 0 Å². The average Bonchev–Trinajstić information content (AvgIpc) is 2.61. The quantitative estimate of drug-likeness (QED) is 0.762. The van der Waals surface area contributed by atoms with Crippen LogP contribution < -0.4 is 5.32 Å². The highest BCUT2D eigenvalue weighted by atomic mass is 16.5. The smallest absolute Gasteiger partial charge is 0.110 e. The van der Waals surface area contributed by atoms with Crippen LogP contribution in [0.2, 0.25) is 0 Å². The molecule has 0 aromatic carbocycles. The monoisotopic (exact) mass is 211 g/mol. The Kier molecular flexibility index (Phi) is 4.78. The van der Waals surface area contributed by atoms with Gasteiger partial charge in [0, 0.05) is 38.5 Å². The minimum absolute atomic E-state index is 0.205. The summed E-state index contributed by atoms with van der Waals surface area (Å²) < 4.78 is 7.63. The molecule has 1 heterocycles. The molecule has 86 valence electrons. The largest absolute Gasteiger partial charge is 0.377 e. The van der Waals surface area contributed by atoms with Crippen molar-refractivity contribution in [2.45, 2.75) is 32.4 Å². The SMILES string of the molecule is CCOC(C)C(Cc1nccn1C)NC. The molecule has 0 aliphatic rings. The third kappa shape index (κ3) is 3.32. The van der Waals surface area contributed by atoms with Crippen LogP contribution in [0.3, 0.4) is 0 Å². The standard InChI is InChI=1S/C11H21N3O/c1-5-15-9(2)10(12-3)8-11-13-6-7-14(11)4/h6-7,9-10,12H,5,8H2,1-4H3. The Morgan fingerprint density at radius 2 is 2.33 bits per heavy atom. The number of ether oxygens (including phenoxy) is 1. The van der Waals surface area contributed by atoms with Crippen molar-refractivity contribution in [2.24, 2.45) is 7.05 Å². The van der Waals surface area contributed by atoms with Crippen LogP contribution in [0.15, 0.2) is 12.4 Å². The van der Waals surface area contributed by atoms with Crippen molar-refractivity contribution >= 4 is 0 Å². The van der Waals surface area contributed by atoms with Gasteiger partial charge in [-0.1, -0.05) is 0 Å². The Bertz CT molecular complexity index is 285. The zero-order valence-electron chi connectivity index (χ0n) is 10.0. The third-order valence-electron chi connectivity index (χ3n) is 2.69. The number of aryl methyl sites for hydroxylation is 1. The third-order valence-corrected chi connectivity index (χ3v) is 2.69. The fourth-order valence-corrected chi connectivity index (χ4v) is 1.67. The van der Waals surface area contributed by atoms with E-state index in [4.69, 9.17) is 4.74 Å². The van der Waals surface area contributed by atoms with E-state index in [2.05, 4.69) is 17.2 Å². The number of nitrogens with zero attached hydrogens (tertiary/aromatic N) is 2. The van der Waals surface area contributed by atoms with Crippen molar-refractivity contribution in [3.63, 3.8) is 0 Å². The van der Waals surface area contributed by atoms with E-state index >= 15 is 0 Å². The van der Waals surface area contributed by atoms with Gasteiger partial charge in [0.25, 0.3) is 0 Å². The van der Waals surface area contributed by atoms with Gasteiger partial charge in [0.2, 0.25) is 0 Å². The second-order valence-electron chi connectivity index (χ2n) is 3.71. The molecule has 1 N–H and O–H groups in total. The summed E-state index contributed by atoms with van der Waals surface area (Å²) in [6.07, 6.45) is 4.89.